The Morgan fingerprint density at radius 3 is 2.75 bits per heavy atom. The van der Waals surface area contributed by atoms with Crippen LogP contribution in [0, 0.1) is 0 Å². The summed E-state index contributed by atoms with van der Waals surface area (Å²) in [5, 5.41) is 3.91. The summed E-state index contributed by atoms with van der Waals surface area (Å²) in [7, 11) is -0.0969. The van der Waals surface area contributed by atoms with Crippen molar-refractivity contribution in [3.63, 3.8) is 0 Å². The van der Waals surface area contributed by atoms with Gasteiger partial charge in [-0.15, -0.1) is 0 Å². The number of nitrogens with zero attached hydrogens (tertiary/aromatic N) is 2. The van der Waals surface area contributed by atoms with E-state index >= 15 is 0 Å². The maximum absolute atomic E-state index is 12.5. The Balaban J connectivity index is 1.58. The molecule has 170 valence electrons. The maximum Gasteiger partial charge on any atom is 0.234 e. The van der Waals surface area contributed by atoms with E-state index in [4.69, 9.17) is 21.1 Å². The molecule has 0 radical (unpaired) electrons. The van der Waals surface area contributed by atoms with Crippen LogP contribution >= 0.6 is 23.4 Å². The topological polar surface area (TPSA) is 97.3 Å². The van der Waals surface area contributed by atoms with E-state index in [1.165, 1.54) is 11.8 Å². The van der Waals surface area contributed by atoms with Gasteiger partial charge in [-0.05, 0) is 30.3 Å². The number of rotatable bonds is 6. The zero-order valence-corrected chi connectivity index (χ0v) is 19.8. The normalized spacial score (nSPS) is 21.1. The predicted molar refractivity (Wildman–Crippen MR) is 128 cm³/mol. The van der Waals surface area contributed by atoms with Crippen molar-refractivity contribution in [3.8, 4) is 11.5 Å². The Labute approximate surface area is 195 Å². The van der Waals surface area contributed by atoms with Crippen molar-refractivity contribution in [3.05, 3.63) is 47.5 Å². The third kappa shape index (κ3) is 4.82. The van der Waals surface area contributed by atoms with Crippen molar-refractivity contribution in [1.29, 1.82) is 0 Å². The molecule has 8 nitrogen and oxygen atoms in total. The lowest BCUT2D eigenvalue weighted by molar-refractivity contribution is -0.113. The lowest BCUT2D eigenvalue weighted by atomic mass is 10.1. The fourth-order valence-electron chi connectivity index (χ4n) is 3.79. The standard InChI is InChI=1S/C21H22ClN3O5S2/c1-29-15-6-7-19(30-2)17(9-15)25-18-12-32(27,28)11-16(18)24-21(25)31-10-20(26)23-14-5-3-4-13(22)8-14/h3-9,16,18H,10-12H2,1-2H3,(H,23,26)/t16-,18+/m1/s1. The summed E-state index contributed by atoms with van der Waals surface area (Å²) >= 11 is 7.22. The van der Waals surface area contributed by atoms with Gasteiger partial charge in [-0.1, -0.05) is 29.4 Å². The molecule has 2 atom stereocenters. The van der Waals surface area contributed by atoms with Crippen LogP contribution in [0.5, 0.6) is 11.5 Å². The molecule has 0 aromatic heterocycles. The number of aliphatic imine (C=N–C) groups is 1. The van der Waals surface area contributed by atoms with E-state index in [-0.39, 0.29) is 29.2 Å². The molecular formula is C21H22ClN3O5S2. The second-order valence-electron chi connectivity index (χ2n) is 7.38. The number of nitrogens with one attached hydrogen (secondary N) is 1. The van der Waals surface area contributed by atoms with Crippen LogP contribution in [0.1, 0.15) is 0 Å². The number of halogens is 1. The average molecular weight is 496 g/mol. The lowest BCUT2D eigenvalue weighted by Crippen LogP contribution is -2.39. The number of ether oxygens (including phenoxy) is 2. The Morgan fingerprint density at radius 2 is 2.03 bits per heavy atom. The lowest BCUT2D eigenvalue weighted by Gasteiger charge is -2.28. The summed E-state index contributed by atoms with van der Waals surface area (Å²) in [6.07, 6.45) is 0. The number of amides is 1. The van der Waals surface area contributed by atoms with Gasteiger partial charge >= 0.3 is 0 Å². The van der Waals surface area contributed by atoms with E-state index in [1.807, 2.05) is 4.90 Å². The fourth-order valence-corrected chi connectivity index (χ4v) is 6.74. The summed E-state index contributed by atoms with van der Waals surface area (Å²) < 4.78 is 35.4. The molecule has 11 heteroatoms. The quantitative estimate of drug-likeness (QED) is 0.657. The Kier molecular flexibility index (Phi) is 6.55. The summed E-state index contributed by atoms with van der Waals surface area (Å²) in [5.74, 6) is 1.02. The summed E-state index contributed by atoms with van der Waals surface area (Å²) in [6.45, 7) is 0. The number of anilines is 2. The van der Waals surface area contributed by atoms with E-state index in [9.17, 15) is 13.2 Å². The van der Waals surface area contributed by atoms with Gasteiger partial charge in [0.05, 0.1) is 49.2 Å². The molecule has 0 saturated carbocycles. The Hall–Kier alpha value is -2.43. The molecule has 4 rings (SSSR count). The molecule has 0 aliphatic carbocycles. The van der Waals surface area contributed by atoms with Gasteiger partial charge in [0.15, 0.2) is 15.0 Å². The van der Waals surface area contributed by atoms with Gasteiger partial charge in [-0.25, -0.2) is 8.42 Å². The molecule has 2 aliphatic rings. The van der Waals surface area contributed by atoms with Crippen molar-refractivity contribution in [2.75, 3.05) is 41.7 Å². The highest BCUT2D eigenvalue weighted by atomic mass is 35.5. The van der Waals surface area contributed by atoms with E-state index < -0.39 is 15.9 Å². The van der Waals surface area contributed by atoms with Crippen molar-refractivity contribution in [2.24, 2.45) is 4.99 Å². The van der Waals surface area contributed by atoms with Gasteiger partial charge < -0.3 is 19.7 Å². The highest BCUT2D eigenvalue weighted by molar-refractivity contribution is 8.14. The van der Waals surface area contributed by atoms with E-state index in [2.05, 4.69) is 10.3 Å². The van der Waals surface area contributed by atoms with Crippen LogP contribution in [-0.2, 0) is 14.6 Å². The molecule has 0 unspecified atom stereocenters. The van der Waals surface area contributed by atoms with Crippen LogP contribution in [-0.4, -0.2) is 63.1 Å². The van der Waals surface area contributed by atoms with Crippen molar-refractivity contribution in [1.82, 2.24) is 0 Å². The van der Waals surface area contributed by atoms with Crippen LogP contribution in [0.15, 0.2) is 47.5 Å². The number of fused-ring (bicyclic) bond motifs is 1. The molecule has 2 aliphatic heterocycles. The van der Waals surface area contributed by atoms with Crippen LogP contribution in [0.3, 0.4) is 0 Å². The average Bonchev–Trinajstić information content (AvgIpc) is 3.22. The zero-order chi connectivity index (χ0) is 22.9. The van der Waals surface area contributed by atoms with Crippen molar-refractivity contribution >= 4 is 55.6 Å². The Morgan fingerprint density at radius 1 is 1.22 bits per heavy atom. The van der Waals surface area contributed by atoms with Gasteiger partial charge in [0, 0.05) is 16.8 Å². The van der Waals surface area contributed by atoms with Gasteiger partial charge in [-0.2, -0.15) is 0 Å². The smallest absolute Gasteiger partial charge is 0.234 e. The minimum Gasteiger partial charge on any atom is -0.497 e. The van der Waals surface area contributed by atoms with Crippen LogP contribution < -0.4 is 19.7 Å². The maximum atomic E-state index is 12.5. The van der Waals surface area contributed by atoms with Crippen LogP contribution in [0.2, 0.25) is 5.02 Å². The van der Waals surface area contributed by atoms with Crippen LogP contribution in [0.4, 0.5) is 11.4 Å². The molecule has 1 N–H and O–H groups in total. The first-order valence-corrected chi connectivity index (χ1v) is 13.0. The molecule has 0 bridgehead atoms. The van der Waals surface area contributed by atoms with Crippen LogP contribution in [0.25, 0.3) is 0 Å². The molecule has 2 aromatic carbocycles. The fraction of sp³-hybridized carbons (Fsp3) is 0.333. The highest BCUT2D eigenvalue weighted by Gasteiger charge is 2.48. The molecule has 1 amide bonds. The van der Waals surface area contributed by atoms with Gasteiger partial charge in [0.2, 0.25) is 5.91 Å². The number of sulfone groups is 1. The largest absolute Gasteiger partial charge is 0.497 e. The summed E-state index contributed by atoms with van der Waals surface area (Å²) in [5.41, 5.74) is 1.25. The first-order chi connectivity index (χ1) is 15.3. The SMILES string of the molecule is COc1ccc(OC)c(N2C(SCC(=O)Nc3cccc(Cl)c3)=N[C@@H]3CS(=O)(=O)C[C@@H]32)c1. The number of carbonyl (C=O) groups excluding carboxylic acids is 1. The highest BCUT2D eigenvalue weighted by Crippen LogP contribution is 2.41. The minimum atomic E-state index is -3.20. The zero-order valence-electron chi connectivity index (χ0n) is 17.4. The molecule has 1 saturated heterocycles. The third-order valence-electron chi connectivity index (χ3n) is 5.19. The van der Waals surface area contributed by atoms with Crippen molar-refractivity contribution in [2.45, 2.75) is 12.1 Å². The second-order valence-corrected chi connectivity index (χ2v) is 10.9. The summed E-state index contributed by atoms with van der Waals surface area (Å²) in [6, 6.07) is 11.5. The number of benzene rings is 2. The first-order valence-electron chi connectivity index (χ1n) is 9.77. The molecule has 2 aromatic rings. The number of methoxy groups -OCH3 is 2. The number of hydrogen-bond acceptors (Lipinski definition) is 8. The monoisotopic (exact) mass is 495 g/mol. The van der Waals surface area contributed by atoms with E-state index in [0.29, 0.717) is 33.1 Å². The number of hydrogen-bond donors (Lipinski definition) is 1. The summed E-state index contributed by atoms with van der Waals surface area (Å²) in [4.78, 5) is 19.0. The first kappa shape index (κ1) is 22.8. The minimum absolute atomic E-state index is 0.0136. The molecular weight excluding hydrogens is 474 g/mol. The van der Waals surface area contributed by atoms with Gasteiger partial charge in [0.25, 0.3) is 0 Å². The van der Waals surface area contributed by atoms with E-state index in [0.717, 1.165) is 0 Å². The molecule has 1 fully saturated rings. The third-order valence-corrected chi connectivity index (χ3v) is 8.09. The molecule has 32 heavy (non-hydrogen) atoms. The number of carbonyl (C=O) groups is 1. The second kappa shape index (κ2) is 9.21. The predicted octanol–water partition coefficient (Wildman–Crippen LogP) is 3.07. The molecule has 0 spiro atoms. The van der Waals surface area contributed by atoms with Crippen molar-refractivity contribution < 1.29 is 22.7 Å². The number of thioether (sulfide) groups is 1. The van der Waals surface area contributed by atoms with Gasteiger partial charge in [0.1, 0.15) is 11.5 Å². The van der Waals surface area contributed by atoms with E-state index in [1.54, 1.807) is 56.7 Å². The number of amidine groups is 1. The molecule has 2 heterocycles. The Bertz CT molecular complexity index is 1170. The van der Waals surface area contributed by atoms with Gasteiger partial charge in [-0.3, -0.25) is 9.79 Å².